The number of nitrogens with zero attached hydrogens (tertiary/aromatic N) is 2. The highest BCUT2D eigenvalue weighted by atomic mass is 35.5. The van der Waals surface area contributed by atoms with Crippen molar-refractivity contribution in [3.05, 3.63) is 17.0 Å². The van der Waals surface area contributed by atoms with Crippen LogP contribution in [0.15, 0.2) is 0 Å². The van der Waals surface area contributed by atoms with E-state index in [1.165, 1.54) is 11.3 Å². The molecule has 3 N–H and O–H groups in total. The smallest absolute Gasteiger partial charge is 0.220 e. The van der Waals surface area contributed by atoms with Crippen LogP contribution in [0.1, 0.15) is 62.9 Å². The molecule has 1 aromatic rings. The molecule has 2 rings (SSSR count). The predicted octanol–water partition coefficient (Wildman–Crippen LogP) is 2.90. The number of carbonyl (C=O) groups excluding carboxylic acids is 1. The summed E-state index contributed by atoms with van der Waals surface area (Å²) in [4.78, 5) is 12.2. The molecular formula is C18H33ClN4O. The summed E-state index contributed by atoms with van der Waals surface area (Å²) in [5.74, 6) is 0.725. The zero-order valence-electron chi connectivity index (χ0n) is 15.5. The zero-order chi connectivity index (χ0) is 17.0. The van der Waals surface area contributed by atoms with Crippen LogP contribution in [0.25, 0.3) is 0 Å². The van der Waals surface area contributed by atoms with Gasteiger partial charge >= 0.3 is 0 Å². The molecule has 0 aromatic carbocycles. The van der Waals surface area contributed by atoms with Gasteiger partial charge in [-0.2, -0.15) is 5.10 Å². The van der Waals surface area contributed by atoms with Crippen molar-refractivity contribution in [1.82, 2.24) is 15.1 Å². The van der Waals surface area contributed by atoms with Gasteiger partial charge in [-0.05, 0) is 57.4 Å². The van der Waals surface area contributed by atoms with E-state index >= 15 is 0 Å². The standard InChI is InChI=1S/C18H32N4O.ClH/c1-12(2)11-22-14(4)17(13(3)21-22)9-10-18(23)20-16-7-5-15(19)6-8-16;/h12,15-16H,5-11,19H2,1-4H3,(H,20,23);1H. The summed E-state index contributed by atoms with van der Waals surface area (Å²) in [6.45, 7) is 9.47. The molecule has 1 aromatic heterocycles. The van der Waals surface area contributed by atoms with Crippen molar-refractivity contribution in [2.75, 3.05) is 0 Å². The van der Waals surface area contributed by atoms with Crippen LogP contribution < -0.4 is 11.1 Å². The summed E-state index contributed by atoms with van der Waals surface area (Å²) >= 11 is 0. The lowest BCUT2D eigenvalue weighted by Gasteiger charge is -2.26. The molecule has 0 aliphatic heterocycles. The number of hydrogen-bond donors (Lipinski definition) is 2. The fourth-order valence-electron chi connectivity index (χ4n) is 3.42. The summed E-state index contributed by atoms with van der Waals surface area (Å²) in [6.07, 6.45) is 5.37. The van der Waals surface area contributed by atoms with Gasteiger partial charge in [-0.3, -0.25) is 9.48 Å². The second-order valence-electron chi connectivity index (χ2n) is 7.40. The third-order valence-corrected chi connectivity index (χ3v) is 4.81. The summed E-state index contributed by atoms with van der Waals surface area (Å²) in [7, 11) is 0. The molecule has 1 aliphatic rings. The number of amides is 1. The fraction of sp³-hybridized carbons (Fsp3) is 0.778. The largest absolute Gasteiger partial charge is 0.353 e. The summed E-state index contributed by atoms with van der Waals surface area (Å²) in [5.41, 5.74) is 9.40. The Bertz CT molecular complexity index is 533. The highest BCUT2D eigenvalue weighted by Crippen LogP contribution is 2.18. The summed E-state index contributed by atoms with van der Waals surface area (Å²) < 4.78 is 2.08. The Balaban J connectivity index is 0.00000288. The van der Waals surface area contributed by atoms with Gasteiger partial charge < -0.3 is 11.1 Å². The first kappa shape index (κ1) is 21.0. The third-order valence-electron chi connectivity index (χ3n) is 4.81. The molecule has 0 spiro atoms. The van der Waals surface area contributed by atoms with E-state index in [2.05, 4.69) is 35.9 Å². The average Bonchev–Trinajstić information content (AvgIpc) is 2.73. The average molecular weight is 357 g/mol. The van der Waals surface area contributed by atoms with Gasteiger partial charge in [0.2, 0.25) is 5.91 Å². The molecule has 1 fully saturated rings. The quantitative estimate of drug-likeness (QED) is 0.823. The molecule has 6 heteroatoms. The molecule has 138 valence electrons. The maximum Gasteiger partial charge on any atom is 0.220 e. The molecule has 1 aliphatic carbocycles. The zero-order valence-corrected chi connectivity index (χ0v) is 16.3. The first-order valence-corrected chi connectivity index (χ1v) is 8.94. The highest BCUT2D eigenvalue weighted by Gasteiger charge is 2.20. The number of halogens is 1. The Morgan fingerprint density at radius 2 is 1.92 bits per heavy atom. The molecule has 0 saturated heterocycles. The van der Waals surface area contributed by atoms with Crippen LogP contribution >= 0.6 is 12.4 Å². The number of carbonyl (C=O) groups is 1. The summed E-state index contributed by atoms with van der Waals surface area (Å²) in [5, 5.41) is 7.79. The van der Waals surface area contributed by atoms with E-state index in [0.29, 0.717) is 24.4 Å². The van der Waals surface area contributed by atoms with E-state index in [0.717, 1.165) is 44.3 Å². The van der Waals surface area contributed by atoms with Crippen LogP contribution in [0, 0.1) is 19.8 Å². The normalized spacial score (nSPS) is 20.8. The van der Waals surface area contributed by atoms with E-state index in [9.17, 15) is 4.79 Å². The van der Waals surface area contributed by atoms with Crippen LogP contribution in [0.3, 0.4) is 0 Å². The lowest BCUT2D eigenvalue weighted by atomic mass is 9.91. The van der Waals surface area contributed by atoms with Crippen molar-refractivity contribution in [3.63, 3.8) is 0 Å². The Kier molecular flexibility index (Phi) is 8.23. The van der Waals surface area contributed by atoms with Crippen LogP contribution in [0.2, 0.25) is 0 Å². The summed E-state index contributed by atoms with van der Waals surface area (Å²) in [6, 6.07) is 0.633. The van der Waals surface area contributed by atoms with Crippen molar-refractivity contribution in [2.24, 2.45) is 11.7 Å². The molecule has 1 saturated carbocycles. The number of rotatable bonds is 6. The number of nitrogens with two attached hydrogens (primary N) is 1. The Labute approximate surface area is 152 Å². The van der Waals surface area contributed by atoms with Gasteiger partial charge in [0.05, 0.1) is 5.69 Å². The maximum atomic E-state index is 12.2. The van der Waals surface area contributed by atoms with E-state index in [-0.39, 0.29) is 18.3 Å². The molecule has 24 heavy (non-hydrogen) atoms. The SMILES string of the molecule is Cc1nn(CC(C)C)c(C)c1CCC(=O)NC1CCC(N)CC1.Cl. The number of aromatic nitrogens is 2. The van der Waals surface area contributed by atoms with Crippen molar-refractivity contribution < 1.29 is 4.79 Å². The Morgan fingerprint density at radius 3 is 2.50 bits per heavy atom. The highest BCUT2D eigenvalue weighted by molar-refractivity contribution is 5.85. The Hall–Kier alpha value is -1.07. The van der Waals surface area contributed by atoms with Gasteiger partial charge in [0, 0.05) is 30.7 Å². The third kappa shape index (κ3) is 5.78. The van der Waals surface area contributed by atoms with Crippen LogP contribution in [0.5, 0.6) is 0 Å². The maximum absolute atomic E-state index is 12.2. The van der Waals surface area contributed by atoms with Gasteiger partial charge in [-0.1, -0.05) is 13.8 Å². The molecule has 0 bridgehead atoms. The minimum Gasteiger partial charge on any atom is -0.353 e. The van der Waals surface area contributed by atoms with E-state index in [1.807, 2.05) is 6.92 Å². The monoisotopic (exact) mass is 356 g/mol. The van der Waals surface area contributed by atoms with E-state index in [4.69, 9.17) is 5.73 Å². The molecule has 0 unspecified atom stereocenters. The van der Waals surface area contributed by atoms with Crippen molar-refractivity contribution in [1.29, 1.82) is 0 Å². The number of hydrogen-bond acceptors (Lipinski definition) is 3. The first-order chi connectivity index (χ1) is 10.9. The second kappa shape index (κ2) is 9.42. The van der Waals surface area contributed by atoms with Crippen LogP contribution in [-0.2, 0) is 17.8 Å². The number of nitrogens with one attached hydrogen (secondary N) is 1. The second-order valence-corrected chi connectivity index (χ2v) is 7.40. The van der Waals surface area contributed by atoms with Gasteiger partial charge in [-0.25, -0.2) is 0 Å². The fourth-order valence-corrected chi connectivity index (χ4v) is 3.42. The van der Waals surface area contributed by atoms with Crippen LogP contribution in [-0.4, -0.2) is 27.8 Å². The molecule has 0 radical (unpaired) electrons. The molecule has 1 amide bonds. The van der Waals surface area contributed by atoms with E-state index < -0.39 is 0 Å². The van der Waals surface area contributed by atoms with Crippen LogP contribution in [0.4, 0.5) is 0 Å². The minimum atomic E-state index is 0. The lowest BCUT2D eigenvalue weighted by molar-refractivity contribution is -0.122. The van der Waals surface area contributed by atoms with E-state index in [1.54, 1.807) is 0 Å². The van der Waals surface area contributed by atoms with Crippen molar-refractivity contribution >= 4 is 18.3 Å². The van der Waals surface area contributed by atoms with Crippen molar-refractivity contribution in [3.8, 4) is 0 Å². The van der Waals surface area contributed by atoms with Gasteiger partial charge in [0.1, 0.15) is 0 Å². The first-order valence-electron chi connectivity index (χ1n) is 8.94. The van der Waals surface area contributed by atoms with Gasteiger partial charge in [0.15, 0.2) is 0 Å². The molecule has 0 atom stereocenters. The Morgan fingerprint density at radius 1 is 1.29 bits per heavy atom. The minimum absolute atomic E-state index is 0. The predicted molar refractivity (Wildman–Crippen MR) is 100 cm³/mol. The molecule has 1 heterocycles. The topological polar surface area (TPSA) is 72.9 Å². The van der Waals surface area contributed by atoms with Gasteiger partial charge in [-0.15, -0.1) is 12.4 Å². The molecular weight excluding hydrogens is 324 g/mol. The number of aryl methyl sites for hydroxylation is 1. The molecule has 5 nitrogen and oxygen atoms in total. The van der Waals surface area contributed by atoms with Crippen molar-refractivity contribution in [2.45, 2.75) is 84.8 Å². The lowest BCUT2D eigenvalue weighted by Crippen LogP contribution is -2.40. The van der Waals surface area contributed by atoms with Gasteiger partial charge in [0.25, 0.3) is 0 Å².